The van der Waals surface area contributed by atoms with E-state index in [-0.39, 0.29) is 11.4 Å². The molecule has 2 aliphatic rings. The van der Waals surface area contributed by atoms with Crippen LogP contribution in [0.15, 0.2) is 24.3 Å². The lowest BCUT2D eigenvalue weighted by Crippen LogP contribution is -2.65. The normalized spacial score (nSPS) is 22.5. The average Bonchev–Trinajstić information content (AvgIpc) is 2.59. The van der Waals surface area contributed by atoms with Crippen molar-refractivity contribution in [1.29, 1.82) is 0 Å². The Morgan fingerprint density at radius 3 is 2.48 bits per heavy atom. The van der Waals surface area contributed by atoms with Gasteiger partial charge in [0.15, 0.2) is 0 Å². The predicted molar refractivity (Wildman–Crippen MR) is 93.8 cm³/mol. The van der Waals surface area contributed by atoms with E-state index in [0.29, 0.717) is 0 Å². The number of likely N-dealkylation sites (N-methyl/N-ethyl adjacent to an activating group) is 1. The van der Waals surface area contributed by atoms with Gasteiger partial charge in [-0.2, -0.15) is 0 Å². The largest absolute Gasteiger partial charge is 0.335 e. The van der Waals surface area contributed by atoms with Crippen LogP contribution in [0.4, 0.5) is 0 Å². The molecule has 2 heterocycles. The Balaban J connectivity index is 1.79. The van der Waals surface area contributed by atoms with Crippen molar-refractivity contribution in [1.82, 2.24) is 14.7 Å². The number of piperidine rings is 1. The quantitative estimate of drug-likeness (QED) is 0.836. The molecule has 4 nitrogen and oxygen atoms in total. The first-order valence-electron chi connectivity index (χ1n) is 8.83. The number of carbonyl (C=O) groups is 1. The maximum Gasteiger partial charge on any atom is 0.254 e. The van der Waals surface area contributed by atoms with Crippen LogP contribution in [0.5, 0.6) is 0 Å². The Morgan fingerprint density at radius 1 is 1.09 bits per heavy atom. The van der Waals surface area contributed by atoms with Crippen molar-refractivity contribution in [3.8, 4) is 0 Å². The van der Waals surface area contributed by atoms with E-state index in [0.717, 1.165) is 63.1 Å². The van der Waals surface area contributed by atoms with Gasteiger partial charge in [0.25, 0.3) is 5.91 Å². The number of aryl methyl sites for hydroxylation is 1. The topological polar surface area (TPSA) is 26.8 Å². The molecule has 0 bridgehead atoms. The van der Waals surface area contributed by atoms with E-state index in [4.69, 9.17) is 0 Å². The summed E-state index contributed by atoms with van der Waals surface area (Å²) in [5, 5.41) is 0. The molecule has 3 rings (SSSR count). The molecule has 23 heavy (non-hydrogen) atoms. The summed E-state index contributed by atoms with van der Waals surface area (Å²) in [6.07, 6.45) is 3.21. The first-order valence-corrected chi connectivity index (χ1v) is 8.83. The minimum absolute atomic E-state index is 0.168. The number of benzene rings is 1. The zero-order chi connectivity index (χ0) is 16.4. The molecule has 0 atom stereocenters. The van der Waals surface area contributed by atoms with Crippen LogP contribution >= 0.6 is 0 Å². The van der Waals surface area contributed by atoms with Gasteiger partial charge in [-0.25, -0.2) is 0 Å². The molecule has 0 aromatic heterocycles. The third kappa shape index (κ3) is 3.15. The van der Waals surface area contributed by atoms with Crippen LogP contribution in [0.3, 0.4) is 0 Å². The molecule has 2 saturated heterocycles. The Morgan fingerprint density at radius 2 is 1.78 bits per heavy atom. The molecule has 1 spiro atoms. The fourth-order valence-electron chi connectivity index (χ4n) is 4.02. The van der Waals surface area contributed by atoms with Crippen LogP contribution in [-0.2, 0) is 6.42 Å². The van der Waals surface area contributed by atoms with Crippen LogP contribution in [-0.4, -0.2) is 73.0 Å². The summed E-state index contributed by atoms with van der Waals surface area (Å²) < 4.78 is 0. The predicted octanol–water partition coefficient (Wildman–Crippen LogP) is 2.10. The average molecular weight is 315 g/mol. The van der Waals surface area contributed by atoms with Crippen LogP contribution in [0.2, 0.25) is 0 Å². The Hall–Kier alpha value is -1.39. The number of nitrogens with zero attached hydrogens (tertiary/aromatic N) is 3. The Labute approximate surface area is 140 Å². The molecule has 4 heteroatoms. The summed E-state index contributed by atoms with van der Waals surface area (Å²) >= 11 is 0. The smallest absolute Gasteiger partial charge is 0.254 e. The summed E-state index contributed by atoms with van der Waals surface area (Å²) in [4.78, 5) is 20.1. The van der Waals surface area contributed by atoms with Gasteiger partial charge < -0.3 is 9.80 Å². The lowest BCUT2D eigenvalue weighted by atomic mass is 9.83. The number of amides is 1. The van der Waals surface area contributed by atoms with Crippen molar-refractivity contribution < 1.29 is 4.79 Å². The third-order valence-corrected chi connectivity index (χ3v) is 5.83. The standard InChI is InChI=1S/C19H29N3O/c1-4-16-7-5-6-8-17(16)18(23)22-14-13-21(3)19(15-22)9-11-20(2)12-10-19/h5-8H,4,9-15H2,1-3H3. The van der Waals surface area contributed by atoms with Crippen molar-refractivity contribution >= 4 is 5.91 Å². The SMILES string of the molecule is CCc1ccccc1C(=O)N1CCN(C)C2(CCN(C)CC2)C1. The monoisotopic (exact) mass is 315 g/mol. The van der Waals surface area contributed by atoms with Gasteiger partial charge in [-0.15, -0.1) is 0 Å². The van der Waals surface area contributed by atoms with Crippen molar-refractivity contribution in [3.63, 3.8) is 0 Å². The van der Waals surface area contributed by atoms with E-state index in [1.807, 2.05) is 18.2 Å². The summed E-state index contributed by atoms with van der Waals surface area (Å²) in [5.41, 5.74) is 2.22. The van der Waals surface area contributed by atoms with Gasteiger partial charge in [-0.1, -0.05) is 25.1 Å². The van der Waals surface area contributed by atoms with Gasteiger partial charge in [0.05, 0.1) is 0 Å². The van der Waals surface area contributed by atoms with E-state index < -0.39 is 0 Å². The Kier molecular flexibility index (Phi) is 4.74. The summed E-state index contributed by atoms with van der Waals surface area (Å²) in [6.45, 7) is 7.05. The number of hydrogen-bond acceptors (Lipinski definition) is 3. The highest BCUT2D eigenvalue weighted by molar-refractivity contribution is 5.95. The number of carbonyl (C=O) groups excluding carboxylic acids is 1. The Bertz CT molecular complexity index is 563. The third-order valence-electron chi connectivity index (χ3n) is 5.83. The van der Waals surface area contributed by atoms with E-state index in [9.17, 15) is 4.79 Å². The van der Waals surface area contributed by atoms with Gasteiger partial charge in [-0.05, 0) is 58.1 Å². The van der Waals surface area contributed by atoms with E-state index in [1.54, 1.807) is 0 Å². The zero-order valence-corrected chi connectivity index (χ0v) is 14.7. The molecule has 1 aromatic carbocycles. The van der Waals surface area contributed by atoms with E-state index in [2.05, 4.69) is 41.8 Å². The molecular formula is C19H29N3O. The molecule has 2 aliphatic heterocycles. The maximum absolute atomic E-state index is 13.1. The fraction of sp³-hybridized carbons (Fsp3) is 0.632. The second-order valence-corrected chi connectivity index (χ2v) is 7.19. The molecule has 0 unspecified atom stereocenters. The van der Waals surface area contributed by atoms with Crippen LogP contribution < -0.4 is 0 Å². The molecule has 2 fully saturated rings. The molecule has 126 valence electrons. The molecule has 0 aliphatic carbocycles. The minimum atomic E-state index is 0.168. The van der Waals surface area contributed by atoms with Gasteiger partial charge in [0, 0.05) is 30.7 Å². The molecule has 0 saturated carbocycles. The van der Waals surface area contributed by atoms with Gasteiger partial charge >= 0.3 is 0 Å². The van der Waals surface area contributed by atoms with Crippen molar-refractivity contribution in [2.75, 3.05) is 46.8 Å². The number of piperazine rings is 1. The van der Waals surface area contributed by atoms with Crippen molar-refractivity contribution in [2.45, 2.75) is 31.7 Å². The summed E-state index contributed by atoms with van der Waals surface area (Å²) in [5.74, 6) is 0.217. The van der Waals surface area contributed by atoms with Crippen molar-refractivity contribution in [3.05, 3.63) is 35.4 Å². The molecular weight excluding hydrogens is 286 g/mol. The lowest BCUT2D eigenvalue weighted by molar-refractivity contribution is -0.0170. The first-order chi connectivity index (χ1) is 11.1. The summed E-state index contributed by atoms with van der Waals surface area (Å²) in [6, 6.07) is 8.07. The van der Waals surface area contributed by atoms with E-state index >= 15 is 0 Å². The number of likely N-dealkylation sites (tertiary alicyclic amines) is 1. The molecule has 0 radical (unpaired) electrons. The highest BCUT2D eigenvalue weighted by Crippen LogP contribution is 2.32. The minimum Gasteiger partial charge on any atom is -0.335 e. The second kappa shape index (κ2) is 6.62. The van der Waals surface area contributed by atoms with Gasteiger partial charge in [-0.3, -0.25) is 9.69 Å². The highest BCUT2D eigenvalue weighted by Gasteiger charge is 2.42. The summed E-state index contributed by atoms with van der Waals surface area (Å²) in [7, 11) is 4.42. The molecule has 0 N–H and O–H groups in total. The van der Waals surface area contributed by atoms with Crippen LogP contribution in [0, 0.1) is 0 Å². The van der Waals surface area contributed by atoms with Gasteiger partial charge in [0.1, 0.15) is 0 Å². The number of hydrogen-bond donors (Lipinski definition) is 0. The first kappa shape index (κ1) is 16.5. The molecule has 1 aromatic rings. The second-order valence-electron chi connectivity index (χ2n) is 7.19. The fourth-order valence-corrected chi connectivity index (χ4v) is 4.02. The lowest BCUT2D eigenvalue weighted by Gasteiger charge is -2.52. The van der Waals surface area contributed by atoms with Crippen molar-refractivity contribution in [2.24, 2.45) is 0 Å². The van der Waals surface area contributed by atoms with Crippen LogP contribution in [0.1, 0.15) is 35.7 Å². The highest BCUT2D eigenvalue weighted by atomic mass is 16.2. The van der Waals surface area contributed by atoms with Crippen LogP contribution in [0.25, 0.3) is 0 Å². The molecule has 1 amide bonds. The van der Waals surface area contributed by atoms with Gasteiger partial charge in [0.2, 0.25) is 0 Å². The van der Waals surface area contributed by atoms with E-state index in [1.165, 1.54) is 0 Å². The maximum atomic E-state index is 13.1. The zero-order valence-electron chi connectivity index (χ0n) is 14.7. The number of rotatable bonds is 2.